The lowest BCUT2D eigenvalue weighted by Gasteiger charge is -2.20. The highest BCUT2D eigenvalue weighted by Gasteiger charge is 2.23. The molecule has 208 valence electrons. The summed E-state index contributed by atoms with van der Waals surface area (Å²) in [7, 11) is 2.13. The minimum absolute atomic E-state index is 0.0120. The van der Waals surface area contributed by atoms with Crippen molar-refractivity contribution < 1.29 is 0 Å². The summed E-state index contributed by atoms with van der Waals surface area (Å²) in [6, 6.07) is 38.9. The lowest BCUT2D eigenvalue weighted by Crippen LogP contribution is -2.11. The number of H-pyrrole nitrogens is 1. The highest BCUT2D eigenvalue weighted by atomic mass is 15.1. The predicted molar refractivity (Wildman–Crippen MR) is 180 cm³/mol. The maximum absolute atomic E-state index is 5.44. The lowest BCUT2D eigenvalue weighted by molar-refractivity contribution is 0.591. The molecule has 1 N–H and O–H groups in total. The first-order chi connectivity index (χ1) is 20.9. The van der Waals surface area contributed by atoms with Crippen LogP contribution in [-0.4, -0.2) is 19.5 Å². The highest BCUT2D eigenvalue weighted by Crippen LogP contribution is 2.41. The van der Waals surface area contributed by atoms with Gasteiger partial charge in [-0.2, -0.15) is 0 Å². The molecule has 5 aromatic carbocycles. The monoisotopic (exact) mass is 556 g/mol. The topological polar surface area (TPSA) is 46.5 Å². The summed E-state index contributed by atoms with van der Waals surface area (Å²) in [6.45, 7) is 6.83. The van der Waals surface area contributed by atoms with E-state index < -0.39 is 0 Å². The molecule has 3 heterocycles. The number of rotatable bonds is 3. The highest BCUT2D eigenvalue weighted by molar-refractivity contribution is 6.12. The Morgan fingerprint density at radius 1 is 0.674 bits per heavy atom. The Balaban J connectivity index is 1.42. The molecule has 0 amide bonds. The number of aryl methyl sites for hydroxylation is 1. The molecule has 43 heavy (non-hydrogen) atoms. The molecule has 0 radical (unpaired) electrons. The number of aromatic amines is 1. The van der Waals surface area contributed by atoms with E-state index in [2.05, 4.69) is 139 Å². The molecular formula is C39H32N4. The van der Waals surface area contributed by atoms with Gasteiger partial charge < -0.3 is 9.55 Å². The fourth-order valence-electron chi connectivity index (χ4n) is 6.45. The standard InChI is InChI=1S/C39H32N4/c1-39(2,3)26-22-31-28-14-7-8-17-34(28)41-36(31)32(23-26)38-42-37-29(15-11-18-35(37)43(38)4)30-21-25(33-16-9-10-19-40-33)20-24-12-5-6-13-27(24)30/h5-23,41H,1-4H3. The van der Waals surface area contributed by atoms with Gasteiger partial charge in [-0.05, 0) is 75.8 Å². The number of fused-ring (bicyclic) bond motifs is 5. The lowest BCUT2D eigenvalue weighted by atomic mass is 9.85. The van der Waals surface area contributed by atoms with Gasteiger partial charge in [-0.3, -0.25) is 4.98 Å². The Labute approximate surface area is 250 Å². The molecule has 4 nitrogen and oxygen atoms in total. The predicted octanol–water partition coefficient (Wildman–Crippen LogP) is 10.1. The van der Waals surface area contributed by atoms with Crippen molar-refractivity contribution in [3.63, 3.8) is 0 Å². The van der Waals surface area contributed by atoms with Crippen molar-refractivity contribution in [1.29, 1.82) is 0 Å². The molecule has 0 saturated heterocycles. The van der Waals surface area contributed by atoms with Crippen LogP contribution in [0.25, 0.3) is 77.4 Å². The molecule has 0 aliphatic heterocycles. The average molecular weight is 557 g/mol. The number of para-hydroxylation sites is 2. The van der Waals surface area contributed by atoms with Crippen LogP contribution in [0.2, 0.25) is 0 Å². The second-order valence-corrected chi connectivity index (χ2v) is 12.5. The van der Waals surface area contributed by atoms with E-state index in [0.717, 1.165) is 55.8 Å². The molecule has 0 unspecified atom stereocenters. The zero-order valence-electron chi connectivity index (χ0n) is 24.8. The molecule has 0 aliphatic rings. The quantitative estimate of drug-likeness (QED) is 0.235. The van der Waals surface area contributed by atoms with Crippen LogP contribution in [0.5, 0.6) is 0 Å². The van der Waals surface area contributed by atoms with Gasteiger partial charge in [0.15, 0.2) is 0 Å². The van der Waals surface area contributed by atoms with Crippen LogP contribution in [0.1, 0.15) is 26.3 Å². The van der Waals surface area contributed by atoms with Crippen molar-refractivity contribution in [2.45, 2.75) is 26.2 Å². The van der Waals surface area contributed by atoms with Gasteiger partial charge >= 0.3 is 0 Å². The third-order valence-corrected chi connectivity index (χ3v) is 8.75. The first-order valence-electron chi connectivity index (χ1n) is 14.8. The molecule has 8 aromatic rings. The van der Waals surface area contributed by atoms with Crippen LogP contribution in [-0.2, 0) is 12.5 Å². The Kier molecular flexibility index (Phi) is 5.57. The largest absolute Gasteiger partial charge is 0.354 e. The third-order valence-electron chi connectivity index (χ3n) is 8.75. The number of benzene rings is 5. The molecule has 0 spiro atoms. The number of nitrogens with zero attached hydrogens (tertiary/aromatic N) is 3. The second-order valence-electron chi connectivity index (χ2n) is 12.5. The van der Waals surface area contributed by atoms with E-state index in [0.29, 0.717) is 0 Å². The number of imidazole rings is 1. The molecule has 0 saturated carbocycles. The minimum atomic E-state index is -0.0120. The Hall–Kier alpha value is -5.22. The average Bonchev–Trinajstić information content (AvgIpc) is 3.58. The van der Waals surface area contributed by atoms with E-state index in [-0.39, 0.29) is 5.41 Å². The summed E-state index contributed by atoms with van der Waals surface area (Å²) in [5.41, 5.74) is 11.1. The van der Waals surface area contributed by atoms with E-state index >= 15 is 0 Å². The van der Waals surface area contributed by atoms with Crippen LogP contribution >= 0.6 is 0 Å². The second kappa shape index (κ2) is 9.40. The van der Waals surface area contributed by atoms with Crippen LogP contribution in [0.15, 0.2) is 115 Å². The van der Waals surface area contributed by atoms with Crippen LogP contribution in [0, 0.1) is 0 Å². The van der Waals surface area contributed by atoms with Gasteiger partial charge in [-0.1, -0.05) is 81.4 Å². The van der Waals surface area contributed by atoms with Crippen molar-refractivity contribution in [2.75, 3.05) is 0 Å². The first-order valence-corrected chi connectivity index (χ1v) is 14.8. The van der Waals surface area contributed by atoms with Gasteiger partial charge in [0.1, 0.15) is 5.82 Å². The van der Waals surface area contributed by atoms with E-state index in [4.69, 9.17) is 4.98 Å². The molecule has 0 atom stereocenters. The summed E-state index contributed by atoms with van der Waals surface area (Å²) in [5.74, 6) is 0.954. The maximum Gasteiger partial charge on any atom is 0.143 e. The van der Waals surface area contributed by atoms with E-state index in [1.54, 1.807) is 0 Å². The summed E-state index contributed by atoms with van der Waals surface area (Å²) >= 11 is 0. The van der Waals surface area contributed by atoms with Gasteiger partial charge in [0.25, 0.3) is 0 Å². The number of hydrogen-bond donors (Lipinski definition) is 1. The van der Waals surface area contributed by atoms with Gasteiger partial charge in [0.2, 0.25) is 0 Å². The van der Waals surface area contributed by atoms with Crippen LogP contribution in [0.4, 0.5) is 0 Å². The van der Waals surface area contributed by atoms with Crippen molar-refractivity contribution in [3.8, 4) is 33.8 Å². The van der Waals surface area contributed by atoms with Crippen molar-refractivity contribution in [1.82, 2.24) is 19.5 Å². The van der Waals surface area contributed by atoms with Crippen LogP contribution in [0.3, 0.4) is 0 Å². The third kappa shape index (κ3) is 4.05. The summed E-state index contributed by atoms with van der Waals surface area (Å²) in [4.78, 5) is 13.8. The molecule has 0 fully saturated rings. The molecule has 4 heteroatoms. The molecule has 8 rings (SSSR count). The van der Waals surface area contributed by atoms with Gasteiger partial charge in [-0.15, -0.1) is 0 Å². The fourth-order valence-corrected chi connectivity index (χ4v) is 6.45. The van der Waals surface area contributed by atoms with E-state index in [1.807, 2.05) is 18.3 Å². The smallest absolute Gasteiger partial charge is 0.143 e. The Morgan fingerprint density at radius 3 is 2.28 bits per heavy atom. The minimum Gasteiger partial charge on any atom is -0.354 e. The van der Waals surface area contributed by atoms with Crippen molar-refractivity contribution in [3.05, 3.63) is 121 Å². The summed E-state index contributed by atoms with van der Waals surface area (Å²) in [6.07, 6.45) is 1.85. The zero-order chi connectivity index (χ0) is 29.3. The SMILES string of the molecule is Cn1c(-c2cc(C(C)(C)C)cc3c2[nH]c2ccccc23)nc2c(-c3cc(-c4ccccn4)cc4ccccc34)cccc21. The molecule has 3 aromatic heterocycles. The van der Waals surface area contributed by atoms with Crippen molar-refractivity contribution in [2.24, 2.45) is 7.05 Å². The number of nitrogens with one attached hydrogen (secondary N) is 1. The van der Waals surface area contributed by atoms with Crippen molar-refractivity contribution >= 4 is 43.6 Å². The maximum atomic E-state index is 5.44. The summed E-state index contributed by atoms with van der Waals surface area (Å²) < 4.78 is 2.25. The number of hydrogen-bond acceptors (Lipinski definition) is 2. The van der Waals surface area contributed by atoms with Crippen LogP contribution < -0.4 is 0 Å². The Bertz CT molecular complexity index is 2330. The van der Waals surface area contributed by atoms with Gasteiger partial charge in [0.05, 0.1) is 22.2 Å². The normalized spacial score (nSPS) is 12.2. The van der Waals surface area contributed by atoms with E-state index in [1.165, 1.54) is 27.1 Å². The first kappa shape index (κ1) is 25.5. The van der Waals surface area contributed by atoms with Gasteiger partial charge in [-0.25, -0.2) is 4.98 Å². The number of pyridine rings is 1. The Morgan fingerprint density at radius 2 is 1.47 bits per heavy atom. The zero-order valence-corrected chi connectivity index (χ0v) is 24.8. The summed E-state index contributed by atoms with van der Waals surface area (Å²) in [5, 5.41) is 4.86. The molecule has 0 bridgehead atoms. The van der Waals surface area contributed by atoms with Gasteiger partial charge in [0, 0.05) is 46.2 Å². The fraction of sp³-hybridized carbons (Fsp3) is 0.128. The molecular weight excluding hydrogens is 524 g/mol. The molecule has 0 aliphatic carbocycles. The van der Waals surface area contributed by atoms with E-state index in [9.17, 15) is 0 Å². The number of aromatic nitrogens is 4.